The van der Waals surface area contributed by atoms with Gasteiger partial charge in [-0.15, -0.1) is 11.3 Å². The van der Waals surface area contributed by atoms with Gasteiger partial charge in [-0.1, -0.05) is 13.0 Å². The van der Waals surface area contributed by atoms with E-state index in [-0.39, 0.29) is 5.91 Å². The molecule has 0 unspecified atom stereocenters. The van der Waals surface area contributed by atoms with Gasteiger partial charge in [0.25, 0.3) is 5.91 Å². The topological polar surface area (TPSA) is 59.2 Å². The molecular formula is C18H19N3OS. The molecule has 0 saturated carbocycles. The molecule has 4 rings (SSSR count). The monoisotopic (exact) mass is 325 g/mol. The minimum atomic E-state index is 0.0568. The first-order chi connectivity index (χ1) is 11.2. The molecule has 1 aliphatic heterocycles. The maximum absolute atomic E-state index is 12.7. The summed E-state index contributed by atoms with van der Waals surface area (Å²) in [5.74, 6) is 0.0568. The van der Waals surface area contributed by atoms with E-state index in [0.29, 0.717) is 10.6 Å². The Labute approximate surface area is 138 Å². The number of amides is 1. The second-order valence-corrected chi connectivity index (χ2v) is 7.06. The van der Waals surface area contributed by atoms with Gasteiger partial charge in [0.1, 0.15) is 9.71 Å². The fourth-order valence-electron chi connectivity index (χ4n) is 3.20. The molecule has 118 valence electrons. The quantitative estimate of drug-likeness (QED) is 0.779. The van der Waals surface area contributed by atoms with Crippen LogP contribution >= 0.6 is 11.3 Å². The highest BCUT2D eigenvalue weighted by Gasteiger charge is 2.24. The average molecular weight is 325 g/mol. The highest BCUT2D eigenvalue weighted by atomic mass is 32.1. The molecule has 2 N–H and O–H groups in total. The highest BCUT2D eigenvalue weighted by molar-refractivity contribution is 7.21. The van der Waals surface area contributed by atoms with Crippen molar-refractivity contribution >= 4 is 44.1 Å². The van der Waals surface area contributed by atoms with Crippen LogP contribution in [0.2, 0.25) is 0 Å². The van der Waals surface area contributed by atoms with Crippen molar-refractivity contribution in [2.45, 2.75) is 26.2 Å². The number of nitrogens with two attached hydrogens (primary N) is 1. The average Bonchev–Trinajstić information content (AvgIpc) is 3.21. The summed E-state index contributed by atoms with van der Waals surface area (Å²) in [5.41, 5.74) is 9.11. The third kappa shape index (κ3) is 2.36. The molecule has 3 heterocycles. The van der Waals surface area contributed by atoms with E-state index >= 15 is 0 Å². The Kier molecular flexibility index (Phi) is 3.45. The molecule has 0 bridgehead atoms. The predicted octanol–water partition coefficient (Wildman–Crippen LogP) is 3.83. The first-order valence-electron chi connectivity index (χ1n) is 8.08. The van der Waals surface area contributed by atoms with E-state index in [0.717, 1.165) is 53.5 Å². The summed E-state index contributed by atoms with van der Waals surface area (Å²) in [6.07, 6.45) is 3.16. The van der Waals surface area contributed by atoms with Crippen LogP contribution in [0.25, 0.3) is 21.1 Å². The Morgan fingerprint density at radius 3 is 2.83 bits per heavy atom. The summed E-state index contributed by atoms with van der Waals surface area (Å²) in [7, 11) is 0. The standard InChI is InChI=1S/C18H19N3OS/c1-2-11-5-6-14-12(9-11)10-13-15(19)16(23-17(13)20-14)18(22)21-7-3-4-8-21/h5-6,9-10H,2-4,7-8,19H2,1H3. The number of nitrogen functional groups attached to an aromatic ring is 1. The molecule has 0 atom stereocenters. The number of aromatic nitrogens is 1. The van der Waals surface area contributed by atoms with Crippen molar-refractivity contribution in [1.82, 2.24) is 9.88 Å². The van der Waals surface area contributed by atoms with Gasteiger partial charge in [-0.05, 0) is 43.0 Å². The van der Waals surface area contributed by atoms with Crippen molar-refractivity contribution in [3.05, 3.63) is 34.7 Å². The molecule has 4 nitrogen and oxygen atoms in total. The number of carbonyl (C=O) groups is 1. The molecule has 5 heteroatoms. The third-order valence-electron chi connectivity index (χ3n) is 4.57. The third-order valence-corrected chi connectivity index (χ3v) is 5.68. The number of hydrogen-bond donors (Lipinski definition) is 1. The number of thiophene rings is 1. The van der Waals surface area contributed by atoms with Gasteiger partial charge in [0.15, 0.2) is 0 Å². The zero-order chi connectivity index (χ0) is 16.0. The van der Waals surface area contributed by atoms with Crippen molar-refractivity contribution in [2.75, 3.05) is 18.8 Å². The summed E-state index contributed by atoms with van der Waals surface area (Å²) in [5, 5.41) is 1.99. The molecule has 23 heavy (non-hydrogen) atoms. The lowest BCUT2D eigenvalue weighted by molar-refractivity contribution is 0.0798. The SMILES string of the molecule is CCc1ccc2nc3sc(C(=O)N4CCCC4)c(N)c3cc2c1. The molecule has 3 aromatic rings. The highest BCUT2D eigenvalue weighted by Crippen LogP contribution is 2.35. The van der Waals surface area contributed by atoms with Crippen LogP contribution in [0.3, 0.4) is 0 Å². The van der Waals surface area contributed by atoms with Crippen molar-refractivity contribution in [2.24, 2.45) is 0 Å². The number of pyridine rings is 1. The van der Waals surface area contributed by atoms with E-state index in [1.165, 1.54) is 16.9 Å². The van der Waals surface area contributed by atoms with E-state index in [9.17, 15) is 4.79 Å². The Balaban J connectivity index is 1.86. The second-order valence-electron chi connectivity index (χ2n) is 6.07. The van der Waals surface area contributed by atoms with E-state index in [4.69, 9.17) is 10.7 Å². The van der Waals surface area contributed by atoms with Crippen LogP contribution in [0.15, 0.2) is 24.3 Å². The zero-order valence-corrected chi connectivity index (χ0v) is 13.9. The van der Waals surface area contributed by atoms with Crippen molar-refractivity contribution < 1.29 is 4.79 Å². The van der Waals surface area contributed by atoms with Crippen LogP contribution < -0.4 is 5.73 Å². The van der Waals surface area contributed by atoms with Gasteiger partial charge in [-0.3, -0.25) is 4.79 Å². The van der Waals surface area contributed by atoms with Crippen molar-refractivity contribution in [3.8, 4) is 0 Å². The molecule has 1 saturated heterocycles. The first kappa shape index (κ1) is 14.5. The van der Waals surface area contributed by atoms with Crippen LogP contribution in [-0.4, -0.2) is 28.9 Å². The lowest BCUT2D eigenvalue weighted by atomic mass is 10.1. The number of fused-ring (bicyclic) bond motifs is 2. The molecule has 0 radical (unpaired) electrons. The second kappa shape index (κ2) is 5.49. The van der Waals surface area contributed by atoms with Gasteiger partial charge in [-0.2, -0.15) is 0 Å². The Bertz CT molecular complexity index is 909. The number of aryl methyl sites for hydroxylation is 1. The summed E-state index contributed by atoms with van der Waals surface area (Å²) in [4.78, 5) is 20.8. The van der Waals surface area contributed by atoms with Crippen LogP contribution in [-0.2, 0) is 6.42 Å². The lowest BCUT2D eigenvalue weighted by Gasteiger charge is -2.13. The summed E-state index contributed by atoms with van der Waals surface area (Å²) >= 11 is 1.42. The Morgan fingerprint density at radius 1 is 1.30 bits per heavy atom. The maximum Gasteiger partial charge on any atom is 0.266 e. The normalized spacial score (nSPS) is 14.9. The smallest absolute Gasteiger partial charge is 0.266 e. The molecule has 2 aromatic heterocycles. The van der Waals surface area contributed by atoms with Crippen LogP contribution in [0.1, 0.15) is 35.0 Å². The Morgan fingerprint density at radius 2 is 2.09 bits per heavy atom. The van der Waals surface area contributed by atoms with Gasteiger partial charge in [0.2, 0.25) is 0 Å². The van der Waals surface area contributed by atoms with Gasteiger partial charge in [-0.25, -0.2) is 4.98 Å². The maximum atomic E-state index is 12.7. The predicted molar refractivity (Wildman–Crippen MR) is 96.1 cm³/mol. The van der Waals surface area contributed by atoms with Gasteiger partial charge < -0.3 is 10.6 Å². The van der Waals surface area contributed by atoms with Crippen molar-refractivity contribution in [3.63, 3.8) is 0 Å². The van der Waals surface area contributed by atoms with Crippen LogP contribution in [0.4, 0.5) is 5.69 Å². The molecule has 0 aliphatic carbocycles. The van der Waals surface area contributed by atoms with Gasteiger partial charge >= 0.3 is 0 Å². The minimum Gasteiger partial charge on any atom is -0.397 e. The summed E-state index contributed by atoms with van der Waals surface area (Å²) in [6.45, 7) is 3.81. The number of anilines is 1. The number of likely N-dealkylation sites (tertiary alicyclic amines) is 1. The van der Waals surface area contributed by atoms with Gasteiger partial charge in [0.05, 0.1) is 11.2 Å². The van der Waals surface area contributed by atoms with E-state index in [1.807, 2.05) is 11.0 Å². The van der Waals surface area contributed by atoms with Crippen LogP contribution in [0.5, 0.6) is 0 Å². The van der Waals surface area contributed by atoms with Crippen molar-refractivity contribution in [1.29, 1.82) is 0 Å². The van der Waals surface area contributed by atoms with E-state index < -0.39 is 0 Å². The molecule has 1 aromatic carbocycles. The van der Waals surface area contributed by atoms with E-state index in [1.54, 1.807) is 0 Å². The number of nitrogens with zero attached hydrogens (tertiary/aromatic N) is 2. The molecular weight excluding hydrogens is 306 g/mol. The lowest BCUT2D eigenvalue weighted by Crippen LogP contribution is -2.27. The summed E-state index contributed by atoms with van der Waals surface area (Å²) < 4.78 is 0. The minimum absolute atomic E-state index is 0.0568. The van der Waals surface area contributed by atoms with E-state index in [2.05, 4.69) is 25.1 Å². The zero-order valence-electron chi connectivity index (χ0n) is 13.1. The fourth-order valence-corrected chi connectivity index (χ4v) is 4.25. The first-order valence-corrected chi connectivity index (χ1v) is 8.90. The summed E-state index contributed by atoms with van der Waals surface area (Å²) in [6, 6.07) is 8.38. The molecule has 1 aliphatic rings. The Hall–Kier alpha value is -2.14. The largest absolute Gasteiger partial charge is 0.397 e. The van der Waals surface area contributed by atoms with Crippen LogP contribution in [0, 0.1) is 0 Å². The number of rotatable bonds is 2. The van der Waals surface area contributed by atoms with Gasteiger partial charge in [0, 0.05) is 23.9 Å². The fraction of sp³-hybridized carbons (Fsp3) is 0.333. The molecule has 1 fully saturated rings. The number of benzene rings is 1. The number of hydrogen-bond acceptors (Lipinski definition) is 4. The number of carbonyl (C=O) groups excluding carboxylic acids is 1. The molecule has 1 amide bonds. The molecule has 0 spiro atoms.